The first-order valence-corrected chi connectivity index (χ1v) is 35.1. The van der Waals surface area contributed by atoms with Crippen molar-refractivity contribution < 1.29 is 205 Å². The monoisotopic (exact) mass is 1790 g/mol. The number of hydrogen-bond donors (Lipinski definition) is 2. The summed E-state index contributed by atoms with van der Waals surface area (Å²) in [5.74, 6) is -86.6. The molecule has 0 bridgehead atoms. The lowest BCUT2D eigenvalue weighted by atomic mass is 9.85. The number of alkyl halides is 42. The smallest absolute Gasteiger partial charge is 0.385 e. The Bertz CT molecular complexity index is 2360. The molecule has 0 saturated carbocycles. The van der Waals surface area contributed by atoms with Gasteiger partial charge in [0.2, 0.25) is 69.2 Å². The van der Waals surface area contributed by atoms with E-state index in [9.17, 15) is 185 Å². The summed E-state index contributed by atoms with van der Waals surface area (Å²) in [5.41, 5.74) is -0.407. The molecule has 2 aromatic carbocycles. The van der Waals surface area contributed by atoms with Gasteiger partial charge in [-0.05, 0) is 45.2 Å². The molecule has 6 nitrogen and oxygen atoms in total. The van der Waals surface area contributed by atoms with Crippen molar-refractivity contribution in [2.45, 2.75) is 142 Å². The molecule has 0 radical (unpaired) electrons. The molecule has 0 aliphatic rings. The summed E-state index contributed by atoms with van der Waals surface area (Å²) in [4.78, 5) is 22.2. The molecule has 1 unspecified atom stereocenters. The van der Waals surface area contributed by atoms with Gasteiger partial charge in [-0.25, -0.2) is 87.8 Å². The Balaban J connectivity index is -0.000000147. The van der Waals surface area contributed by atoms with Gasteiger partial charge >= 0.3 is 71.2 Å². The molecule has 0 aliphatic carbocycles. The Morgan fingerprint density at radius 2 is 0.654 bits per heavy atom. The van der Waals surface area contributed by atoms with Crippen LogP contribution in [0.25, 0.3) is 6.08 Å². The number of esters is 2. The Morgan fingerprint density at radius 3 is 0.846 bits per heavy atom. The lowest BCUT2D eigenvalue weighted by Gasteiger charge is -2.45. The van der Waals surface area contributed by atoms with Gasteiger partial charge in [-0.2, -0.15) is 87.8 Å². The lowest BCUT2D eigenvalue weighted by Crippen LogP contribution is -2.77. The summed E-state index contributed by atoms with van der Waals surface area (Å²) in [5, 5.41) is 18.0. The van der Waals surface area contributed by atoms with Gasteiger partial charge in [0.15, 0.2) is 6.61 Å². The van der Waals surface area contributed by atoms with E-state index in [-0.39, 0.29) is 6.61 Å². The molecule has 0 aromatic heterocycles. The van der Waals surface area contributed by atoms with Crippen LogP contribution in [0.3, 0.4) is 0 Å². The van der Waals surface area contributed by atoms with Crippen LogP contribution in [0.5, 0.6) is 0 Å². The first-order valence-electron chi connectivity index (χ1n) is 26.4. The molecule has 0 spiro atoms. The van der Waals surface area contributed by atoms with E-state index < -0.39 is 197 Å². The summed E-state index contributed by atoms with van der Waals surface area (Å²) in [7, 11) is -2.90. The number of aliphatic hydroxyl groups excluding tert-OH is 2. The number of hydrogen-bond acceptors (Lipinski definition) is 6. The van der Waals surface area contributed by atoms with Gasteiger partial charge in [0.1, 0.15) is 17.6 Å². The predicted molar refractivity (Wildman–Crippen MR) is 318 cm³/mol. The van der Waals surface area contributed by atoms with Crippen LogP contribution in [0.15, 0.2) is 55.1 Å². The summed E-state index contributed by atoms with van der Waals surface area (Å²) < 4.78 is 480. The number of carbonyl (C=O) groups is 2. The highest BCUT2D eigenvalue weighted by Gasteiger charge is 2.97. The average Bonchev–Trinajstić information content (AvgIpc) is 0.688. The molecular weight excluding hydrogens is 1720 g/mol. The molecule has 50 heteroatoms. The van der Waals surface area contributed by atoms with Crippen LogP contribution >= 0.6 is 31.9 Å². The SMILES string of the molecule is C=Cc1ccc([Si](C)(C)C)cc1.CC(C)(Br)C(=O)OCF.CC(C)(CC(Br)c1ccc([Si](C)(C)C)cc1)C(=O)OCC(F)(F)C(F)(F)C(F)(F)C(F)(F)C(F)(F)C(F)(F)C(F)(F)C(F)(F)C(F)(F)C(F)(F)CO.FCF.FCF.FCF.FCF.FCF.FCF.FCF.FCF.FCF.OCCF. The van der Waals surface area contributed by atoms with Crippen molar-refractivity contribution in [2.75, 3.05) is 95.7 Å². The predicted octanol–water partition coefficient (Wildman–Crippen LogP) is 22.4. The third kappa shape index (κ3) is 43.6. The summed E-state index contributed by atoms with van der Waals surface area (Å²) in [6, 6.07) is 15.3. The number of carbonyl (C=O) groups excluding carboxylic acids is 2. The molecule has 0 aliphatic heterocycles. The first-order chi connectivity index (χ1) is 46.7. The third-order valence-electron chi connectivity index (χ3n) is 10.4. The van der Waals surface area contributed by atoms with E-state index in [4.69, 9.17) is 10.2 Å². The minimum absolute atomic E-state index is 0.347. The topological polar surface area (TPSA) is 93.1 Å². The fourth-order valence-corrected chi connectivity index (χ4v) is 8.93. The van der Waals surface area contributed by atoms with Crippen molar-refractivity contribution in [3.05, 3.63) is 66.2 Å². The first kappa shape index (κ1) is 123. The van der Waals surface area contributed by atoms with Gasteiger partial charge in [0.25, 0.3) is 0 Å². The second kappa shape index (κ2) is 58.6. The van der Waals surface area contributed by atoms with Crippen molar-refractivity contribution in [3.8, 4) is 0 Å². The largest absolute Gasteiger partial charge is 0.459 e. The molecule has 2 aromatic rings. The number of benzene rings is 2. The van der Waals surface area contributed by atoms with E-state index in [1.54, 1.807) is 38.1 Å². The highest BCUT2D eigenvalue weighted by Crippen LogP contribution is 2.66. The summed E-state index contributed by atoms with van der Waals surface area (Å²) in [6.45, 7) is -3.10. The summed E-state index contributed by atoms with van der Waals surface area (Å²) >= 11 is 6.15. The van der Waals surface area contributed by atoms with Crippen LogP contribution in [0.4, 0.5) is 176 Å². The molecule has 628 valence electrons. The Hall–Kier alpha value is -4.37. The molecule has 2 rings (SSSR count). The normalized spacial score (nSPS) is 12.2. The highest BCUT2D eigenvalue weighted by atomic mass is 79.9. The van der Waals surface area contributed by atoms with E-state index in [0.29, 0.717) is 5.56 Å². The van der Waals surface area contributed by atoms with Crippen LogP contribution in [-0.4, -0.2) is 198 Å². The molecule has 2 N–H and O–H groups in total. The molecule has 104 heavy (non-hydrogen) atoms. The zero-order chi connectivity index (χ0) is 86.4. The zero-order valence-electron chi connectivity index (χ0n) is 55.5. The van der Waals surface area contributed by atoms with Crippen molar-refractivity contribution in [3.63, 3.8) is 0 Å². The van der Waals surface area contributed by atoms with E-state index in [0.717, 1.165) is 19.0 Å². The van der Waals surface area contributed by atoms with E-state index in [2.05, 4.69) is 91.8 Å². The zero-order valence-corrected chi connectivity index (χ0v) is 60.7. The number of halogens is 42. The van der Waals surface area contributed by atoms with Crippen LogP contribution in [0.1, 0.15) is 50.1 Å². The Labute approximate surface area is 588 Å². The number of aliphatic hydroxyl groups is 2. The average molecular weight is 1800 g/mol. The fraction of sp³-hybridized carbons (Fsp3) is 0.704. The number of rotatable bonds is 22. The van der Waals surface area contributed by atoms with Crippen molar-refractivity contribution in [1.29, 1.82) is 0 Å². The summed E-state index contributed by atoms with van der Waals surface area (Å²) in [6.07, 6.45) is 1.42. The van der Waals surface area contributed by atoms with E-state index in [1.807, 2.05) is 25.7 Å². The van der Waals surface area contributed by atoms with Gasteiger partial charge in [-0.1, -0.05) is 143 Å². The maximum atomic E-state index is 14.3. The second-order valence-corrected chi connectivity index (χ2v) is 33.8. The van der Waals surface area contributed by atoms with Crippen LogP contribution in [0.2, 0.25) is 39.3 Å². The van der Waals surface area contributed by atoms with Crippen LogP contribution < -0.4 is 10.4 Å². The molecule has 0 saturated heterocycles. The minimum Gasteiger partial charge on any atom is -0.459 e. The fourth-order valence-electron chi connectivity index (χ4n) is 5.37. The highest BCUT2D eigenvalue weighted by molar-refractivity contribution is 9.10. The molecule has 0 heterocycles. The van der Waals surface area contributed by atoms with Crippen molar-refractivity contribution in [1.82, 2.24) is 0 Å². The second-order valence-electron chi connectivity index (χ2n) is 20.6. The molecule has 1 atom stereocenters. The van der Waals surface area contributed by atoms with Gasteiger partial charge in [0, 0.05) is 4.83 Å². The molecule has 0 fully saturated rings. The lowest BCUT2D eigenvalue weighted by molar-refractivity contribution is -0.469. The Morgan fingerprint density at radius 1 is 0.423 bits per heavy atom. The van der Waals surface area contributed by atoms with Gasteiger partial charge in [0.05, 0.1) is 28.2 Å². The van der Waals surface area contributed by atoms with Crippen LogP contribution in [0, 0.1) is 5.41 Å². The maximum absolute atomic E-state index is 14.3. The van der Waals surface area contributed by atoms with Gasteiger partial charge < -0.3 is 19.7 Å². The van der Waals surface area contributed by atoms with Crippen LogP contribution in [-0.2, 0) is 19.1 Å². The van der Waals surface area contributed by atoms with Crippen molar-refractivity contribution >= 4 is 76.4 Å². The number of ether oxygens (including phenoxy) is 2. The molecule has 0 amide bonds. The van der Waals surface area contributed by atoms with Gasteiger partial charge in [-0.15, -0.1) is 0 Å². The quantitative estimate of drug-likeness (QED) is 0.0528. The molecular formula is C54H74Br2F40O6Si2. The van der Waals surface area contributed by atoms with E-state index in [1.165, 1.54) is 10.8 Å². The third-order valence-corrected chi connectivity index (χ3v) is 15.7. The maximum Gasteiger partial charge on any atom is 0.385 e. The van der Waals surface area contributed by atoms with E-state index >= 15 is 0 Å². The van der Waals surface area contributed by atoms with Gasteiger partial charge in [-0.3, -0.25) is 9.59 Å². The van der Waals surface area contributed by atoms with Crippen molar-refractivity contribution in [2.24, 2.45) is 5.41 Å². The standard InChI is InChI=1S/C27H27BrF20O3Si.C11H16Si.C5H8BrFO2.C2H5FO.9CH2F2/c1-17(2,10-15(28)13-6-8-14(9-7-13)52(3,4)5)16(50)51-12-19(31,32)21(35,36)23(39,40)25(43,44)27(47,48)26(45,46)24(41,42)22(37,38)20(33,34)18(29,30)11-49;1-5-10-6-8-11(9-7-10)12(2,3)4;1-5(2,6)4(8)9-3-7;3-1-2-4;9*2-1-3/h6-9,15,49H,10-12H2,1-5H3;5-9H,1H2,2-4H3;3H2,1-2H3;4H,1-2H2;9*1H2. The minimum atomic E-state index is -9.18. The Kier molecular flexibility index (Phi) is 69.6.